The summed E-state index contributed by atoms with van der Waals surface area (Å²) in [5.41, 5.74) is 0.838. The Morgan fingerprint density at radius 2 is 2.05 bits per heavy atom. The maximum Gasteiger partial charge on any atom is 0.269 e. The summed E-state index contributed by atoms with van der Waals surface area (Å²) >= 11 is 0. The fourth-order valence-electron chi connectivity index (χ4n) is 2.48. The fraction of sp³-hybridized carbons (Fsp3) is 0.562. The fourth-order valence-corrected chi connectivity index (χ4v) is 2.48. The van der Waals surface area contributed by atoms with Crippen LogP contribution in [0.4, 0.5) is 0 Å². The van der Waals surface area contributed by atoms with Gasteiger partial charge in [-0.1, -0.05) is 0 Å². The summed E-state index contributed by atoms with van der Waals surface area (Å²) in [6, 6.07) is 3.26. The molecule has 1 aliphatic rings. The van der Waals surface area contributed by atoms with Crippen molar-refractivity contribution in [2.75, 3.05) is 40.3 Å². The third-order valence-corrected chi connectivity index (χ3v) is 3.70. The molecule has 6 nitrogen and oxygen atoms in total. The topological polar surface area (TPSA) is 65.5 Å². The number of aromatic nitrogens is 1. The van der Waals surface area contributed by atoms with Gasteiger partial charge in [-0.3, -0.25) is 14.6 Å². The summed E-state index contributed by atoms with van der Waals surface area (Å²) < 4.78 is 0. The molecule has 0 radical (unpaired) electrons. The third-order valence-electron chi connectivity index (χ3n) is 3.70. The highest BCUT2D eigenvalue weighted by Crippen LogP contribution is 2.13. The van der Waals surface area contributed by atoms with Crippen LogP contribution >= 0.6 is 0 Å². The van der Waals surface area contributed by atoms with Crippen LogP contribution in [-0.4, -0.2) is 66.9 Å². The Bertz CT molecular complexity index is 525. The lowest BCUT2D eigenvalue weighted by Crippen LogP contribution is -2.29. The number of carbonyl (C=O) groups excluding carboxylic acids is 2. The standard InChI is InChI=1S/C16H24N4O2/c1-19(2)9-5-7-18-15(21)14-12-13(6-8-17-14)16(22)20-10-3-4-11-20/h6,8,12H,3-5,7,9-11H2,1-2H3,(H,18,21). The Morgan fingerprint density at radius 1 is 1.32 bits per heavy atom. The van der Waals surface area contributed by atoms with Gasteiger partial charge >= 0.3 is 0 Å². The molecule has 6 heteroatoms. The first kappa shape index (κ1) is 16.4. The largest absolute Gasteiger partial charge is 0.351 e. The number of carbonyl (C=O) groups is 2. The molecule has 0 bridgehead atoms. The van der Waals surface area contributed by atoms with Crippen molar-refractivity contribution >= 4 is 11.8 Å². The van der Waals surface area contributed by atoms with E-state index in [4.69, 9.17) is 0 Å². The van der Waals surface area contributed by atoms with E-state index in [1.54, 1.807) is 12.1 Å². The SMILES string of the molecule is CN(C)CCCNC(=O)c1cc(C(=O)N2CCCC2)ccn1. The molecular weight excluding hydrogens is 280 g/mol. The number of hydrogen-bond donors (Lipinski definition) is 1. The zero-order valence-corrected chi connectivity index (χ0v) is 13.3. The normalized spacial score (nSPS) is 14.4. The molecule has 1 saturated heterocycles. The molecule has 120 valence electrons. The smallest absolute Gasteiger partial charge is 0.269 e. The van der Waals surface area contributed by atoms with E-state index in [2.05, 4.69) is 15.2 Å². The lowest BCUT2D eigenvalue weighted by molar-refractivity contribution is 0.0792. The van der Waals surface area contributed by atoms with Gasteiger partial charge in [0.1, 0.15) is 5.69 Å². The summed E-state index contributed by atoms with van der Waals surface area (Å²) in [6.07, 6.45) is 4.51. The molecule has 0 aliphatic carbocycles. The van der Waals surface area contributed by atoms with Gasteiger partial charge in [0.15, 0.2) is 0 Å². The van der Waals surface area contributed by atoms with Crippen molar-refractivity contribution in [1.82, 2.24) is 20.1 Å². The van der Waals surface area contributed by atoms with Crippen LogP contribution in [-0.2, 0) is 0 Å². The molecule has 1 fully saturated rings. The molecule has 2 heterocycles. The summed E-state index contributed by atoms with van der Waals surface area (Å²) in [5.74, 6) is -0.239. The van der Waals surface area contributed by atoms with Gasteiger partial charge in [-0.25, -0.2) is 0 Å². The van der Waals surface area contributed by atoms with Crippen LogP contribution in [0.5, 0.6) is 0 Å². The summed E-state index contributed by atoms with van der Waals surface area (Å²) in [5, 5.41) is 2.84. The molecule has 0 saturated carbocycles. The van der Waals surface area contributed by atoms with Crippen molar-refractivity contribution in [2.45, 2.75) is 19.3 Å². The van der Waals surface area contributed by atoms with Crippen molar-refractivity contribution in [3.63, 3.8) is 0 Å². The van der Waals surface area contributed by atoms with E-state index in [0.717, 1.165) is 38.9 Å². The molecule has 0 atom stereocenters. The van der Waals surface area contributed by atoms with E-state index >= 15 is 0 Å². The first-order valence-electron chi connectivity index (χ1n) is 7.76. The van der Waals surface area contributed by atoms with Crippen LogP contribution in [0.3, 0.4) is 0 Å². The Labute approximate surface area is 131 Å². The van der Waals surface area contributed by atoms with Crippen LogP contribution in [0.1, 0.15) is 40.1 Å². The molecule has 2 amide bonds. The summed E-state index contributed by atoms with van der Waals surface area (Å²) in [4.78, 5) is 32.4. The average Bonchev–Trinajstić information content (AvgIpc) is 3.05. The molecule has 22 heavy (non-hydrogen) atoms. The molecule has 1 aliphatic heterocycles. The van der Waals surface area contributed by atoms with Crippen LogP contribution in [0.15, 0.2) is 18.3 Å². The second-order valence-electron chi connectivity index (χ2n) is 5.84. The second kappa shape index (κ2) is 7.89. The molecule has 0 unspecified atom stereocenters. The Kier molecular flexibility index (Phi) is 5.89. The van der Waals surface area contributed by atoms with Crippen LogP contribution in [0.2, 0.25) is 0 Å². The van der Waals surface area contributed by atoms with Crippen LogP contribution < -0.4 is 5.32 Å². The van der Waals surface area contributed by atoms with Gasteiger partial charge < -0.3 is 15.1 Å². The number of hydrogen-bond acceptors (Lipinski definition) is 4. The summed E-state index contributed by atoms with van der Waals surface area (Å²) in [6.45, 7) is 3.12. The van der Waals surface area contributed by atoms with Gasteiger partial charge in [0.25, 0.3) is 11.8 Å². The number of amides is 2. The summed E-state index contributed by atoms with van der Waals surface area (Å²) in [7, 11) is 3.99. The van der Waals surface area contributed by atoms with Crippen LogP contribution in [0, 0.1) is 0 Å². The lowest BCUT2D eigenvalue weighted by Gasteiger charge is -2.15. The highest BCUT2D eigenvalue weighted by molar-refractivity contribution is 5.98. The predicted octanol–water partition coefficient (Wildman–Crippen LogP) is 0.999. The van der Waals surface area contributed by atoms with Gasteiger partial charge in [-0.15, -0.1) is 0 Å². The Balaban J connectivity index is 1.92. The monoisotopic (exact) mass is 304 g/mol. The van der Waals surface area contributed by atoms with Crippen molar-refractivity contribution < 1.29 is 9.59 Å². The molecule has 1 aromatic rings. The maximum atomic E-state index is 12.3. The average molecular weight is 304 g/mol. The second-order valence-corrected chi connectivity index (χ2v) is 5.84. The number of pyridine rings is 1. The van der Waals surface area contributed by atoms with Crippen molar-refractivity contribution in [1.29, 1.82) is 0 Å². The van der Waals surface area contributed by atoms with Gasteiger partial charge in [0.2, 0.25) is 0 Å². The van der Waals surface area contributed by atoms with Crippen molar-refractivity contribution in [2.24, 2.45) is 0 Å². The van der Waals surface area contributed by atoms with Crippen LogP contribution in [0.25, 0.3) is 0 Å². The molecule has 0 spiro atoms. The van der Waals surface area contributed by atoms with Gasteiger partial charge in [-0.2, -0.15) is 0 Å². The van der Waals surface area contributed by atoms with Crippen molar-refractivity contribution in [3.8, 4) is 0 Å². The van der Waals surface area contributed by atoms with E-state index in [-0.39, 0.29) is 11.8 Å². The van der Waals surface area contributed by atoms with Gasteiger partial charge in [0.05, 0.1) is 0 Å². The Hall–Kier alpha value is -1.95. The molecule has 1 N–H and O–H groups in total. The number of nitrogens with zero attached hydrogens (tertiary/aromatic N) is 3. The predicted molar refractivity (Wildman–Crippen MR) is 84.9 cm³/mol. The zero-order chi connectivity index (χ0) is 15.9. The third kappa shape index (κ3) is 4.53. The quantitative estimate of drug-likeness (QED) is 0.796. The van der Waals surface area contributed by atoms with E-state index in [1.165, 1.54) is 6.20 Å². The number of likely N-dealkylation sites (tertiary alicyclic amines) is 1. The highest BCUT2D eigenvalue weighted by Gasteiger charge is 2.20. The lowest BCUT2D eigenvalue weighted by atomic mass is 10.2. The minimum absolute atomic E-state index is 0.0124. The number of rotatable bonds is 6. The van der Waals surface area contributed by atoms with E-state index in [1.807, 2.05) is 19.0 Å². The van der Waals surface area contributed by atoms with E-state index in [0.29, 0.717) is 17.8 Å². The minimum atomic E-state index is -0.227. The minimum Gasteiger partial charge on any atom is -0.351 e. The molecule has 1 aromatic heterocycles. The molecule has 2 rings (SSSR count). The first-order chi connectivity index (χ1) is 10.6. The van der Waals surface area contributed by atoms with Crippen molar-refractivity contribution in [3.05, 3.63) is 29.6 Å². The molecule has 0 aromatic carbocycles. The van der Waals surface area contributed by atoms with Gasteiger partial charge in [-0.05, 0) is 52.0 Å². The van der Waals surface area contributed by atoms with E-state index in [9.17, 15) is 9.59 Å². The maximum absolute atomic E-state index is 12.3. The zero-order valence-electron chi connectivity index (χ0n) is 13.3. The van der Waals surface area contributed by atoms with Gasteiger partial charge in [0, 0.05) is 31.4 Å². The molecular formula is C16H24N4O2. The van der Waals surface area contributed by atoms with E-state index < -0.39 is 0 Å². The number of nitrogens with one attached hydrogen (secondary N) is 1. The highest BCUT2D eigenvalue weighted by atomic mass is 16.2. The first-order valence-corrected chi connectivity index (χ1v) is 7.76. The Morgan fingerprint density at radius 3 is 2.73 bits per heavy atom.